The first kappa shape index (κ1) is 3.91. The van der Waals surface area contributed by atoms with Crippen molar-refractivity contribution in [2.45, 2.75) is 12.1 Å². The largest absolute Gasteiger partial charge is 0.208 e. The molecule has 0 bridgehead atoms. The van der Waals surface area contributed by atoms with Gasteiger partial charge in [-0.15, -0.1) is 0 Å². The minimum Gasteiger partial charge on any atom is -0.208 e. The summed E-state index contributed by atoms with van der Waals surface area (Å²) >= 11 is 0. The summed E-state index contributed by atoms with van der Waals surface area (Å²) in [6, 6.07) is 0. The van der Waals surface area contributed by atoms with Crippen LogP contribution in [0.2, 0.25) is 0 Å². The van der Waals surface area contributed by atoms with Crippen molar-refractivity contribution >= 4 is 0 Å². The quantitative estimate of drug-likeness (QED) is 0.463. The van der Waals surface area contributed by atoms with E-state index in [0.717, 1.165) is 11.8 Å². The normalized spacial score (nSPS) is 68.0. The summed E-state index contributed by atoms with van der Waals surface area (Å²) in [5, 5.41) is 4.80. The molecule has 4 rings (SSSR count). The molecule has 0 aromatic carbocycles. The van der Waals surface area contributed by atoms with Gasteiger partial charge in [0.1, 0.15) is 5.66 Å². The first-order valence-electron chi connectivity index (χ1n) is 3.74. The fourth-order valence-corrected chi connectivity index (χ4v) is 3.16. The van der Waals surface area contributed by atoms with E-state index in [0.29, 0.717) is 5.66 Å². The monoisotopic (exact) mass is 123 g/mol. The maximum Gasteiger partial charge on any atom is 0.111 e. The molecule has 0 aromatic rings. The number of rotatable bonds is 0. The third-order valence-electron chi connectivity index (χ3n) is 3.68. The second-order valence-corrected chi connectivity index (χ2v) is 3.73. The Labute approximate surface area is 53.6 Å². The second kappa shape index (κ2) is 0.779. The lowest BCUT2D eigenvalue weighted by atomic mass is 9.51. The van der Waals surface area contributed by atoms with Gasteiger partial charge in [-0.25, -0.2) is 10.0 Å². The molecular weight excluding hydrogens is 114 g/mol. The van der Waals surface area contributed by atoms with E-state index in [4.69, 9.17) is 0 Å². The lowest BCUT2D eigenvalue weighted by molar-refractivity contribution is -0.489. The molecule has 9 heavy (non-hydrogen) atoms. The second-order valence-electron chi connectivity index (χ2n) is 3.73. The van der Waals surface area contributed by atoms with Gasteiger partial charge in [0.05, 0.1) is 0 Å². The molecule has 1 spiro atoms. The zero-order valence-corrected chi connectivity index (χ0v) is 5.17. The highest BCUT2D eigenvalue weighted by molar-refractivity contribution is 5.26. The molecule has 0 aromatic heterocycles. The van der Waals surface area contributed by atoms with Crippen LogP contribution in [0.15, 0.2) is 0 Å². The van der Waals surface area contributed by atoms with Crippen molar-refractivity contribution in [1.29, 1.82) is 0 Å². The minimum absolute atomic E-state index is 0.611. The Balaban J connectivity index is 1.88. The van der Waals surface area contributed by atoms with Crippen molar-refractivity contribution in [3.05, 3.63) is 0 Å². The van der Waals surface area contributed by atoms with Crippen LogP contribution in [0.1, 0.15) is 6.42 Å². The van der Waals surface area contributed by atoms with Crippen molar-refractivity contribution in [3.8, 4) is 0 Å². The standard InChI is InChI=1S/C6H9N3/c1-4-2-8-6(4)5(1)3-9(6)7-8/h4-5,7H,1-3H2. The number of nitrogens with one attached hydrogen (secondary N) is 1. The number of hydrogen-bond acceptors (Lipinski definition) is 3. The highest BCUT2D eigenvalue weighted by Crippen LogP contribution is 2.67. The van der Waals surface area contributed by atoms with E-state index in [1.165, 1.54) is 19.5 Å². The average Bonchev–Trinajstić information content (AvgIpc) is 1.54. The van der Waals surface area contributed by atoms with E-state index in [1.54, 1.807) is 0 Å². The topological polar surface area (TPSA) is 18.5 Å². The number of hydrazine groups is 2. The molecule has 3 heterocycles. The predicted molar refractivity (Wildman–Crippen MR) is 30.9 cm³/mol. The molecule has 3 heteroatoms. The highest BCUT2D eigenvalue weighted by Gasteiger charge is 2.81. The third-order valence-corrected chi connectivity index (χ3v) is 3.68. The van der Waals surface area contributed by atoms with E-state index in [9.17, 15) is 0 Å². The van der Waals surface area contributed by atoms with Gasteiger partial charge >= 0.3 is 0 Å². The van der Waals surface area contributed by atoms with Crippen LogP contribution in [0.5, 0.6) is 0 Å². The van der Waals surface area contributed by atoms with E-state index in [1.807, 2.05) is 0 Å². The Bertz CT molecular complexity index is 149. The fourth-order valence-electron chi connectivity index (χ4n) is 3.16. The van der Waals surface area contributed by atoms with Crippen LogP contribution >= 0.6 is 0 Å². The van der Waals surface area contributed by atoms with Crippen LogP contribution in [0, 0.1) is 11.8 Å². The summed E-state index contributed by atoms with van der Waals surface area (Å²) in [5.74, 6) is 2.08. The van der Waals surface area contributed by atoms with E-state index < -0.39 is 0 Å². The first-order chi connectivity index (χ1) is 4.42. The smallest absolute Gasteiger partial charge is 0.111 e. The Morgan fingerprint density at radius 1 is 1.22 bits per heavy atom. The van der Waals surface area contributed by atoms with E-state index in [2.05, 4.69) is 15.6 Å². The lowest BCUT2D eigenvalue weighted by Crippen LogP contribution is -3.04. The summed E-state index contributed by atoms with van der Waals surface area (Å²) in [4.78, 5) is 0. The fraction of sp³-hybridized carbons (Fsp3) is 1.00. The Kier molecular flexibility index (Phi) is 0.338. The van der Waals surface area contributed by atoms with Crippen molar-refractivity contribution in [1.82, 2.24) is 15.6 Å². The third kappa shape index (κ3) is 0.171. The maximum atomic E-state index is 3.30. The van der Waals surface area contributed by atoms with E-state index in [-0.39, 0.29) is 0 Å². The number of piperidine rings is 2. The molecule has 2 unspecified atom stereocenters. The molecule has 1 saturated carbocycles. The van der Waals surface area contributed by atoms with Gasteiger partial charge < -0.3 is 0 Å². The summed E-state index contributed by atoms with van der Waals surface area (Å²) < 4.78 is 0. The van der Waals surface area contributed by atoms with Crippen LogP contribution in [0.25, 0.3) is 0 Å². The van der Waals surface area contributed by atoms with Gasteiger partial charge in [0, 0.05) is 24.9 Å². The maximum absolute atomic E-state index is 3.30. The first-order valence-corrected chi connectivity index (χ1v) is 3.74. The van der Waals surface area contributed by atoms with Crippen LogP contribution in [0.4, 0.5) is 0 Å². The van der Waals surface area contributed by atoms with Crippen molar-refractivity contribution in [3.63, 3.8) is 0 Å². The zero-order chi connectivity index (χ0) is 5.64. The predicted octanol–water partition coefficient (Wildman–Crippen LogP) is -0.617. The average molecular weight is 123 g/mol. The zero-order valence-electron chi connectivity index (χ0n) is 5.17. The Morgan fingerprint density at radius 3 is 2.22 bits per heavy atom. The van der Waals surface area contributed by atoms with Gasteiger partial charge in [-0.3, -0.25) is 0 Å². The van der Waals surface area contributed by atoms with E-state index >= 15 is 0 Å². The van der Waals surface area contributed by atoms with Crippen LogP contribution in [0.3, 0.4) is 0 Å². The molecule has 3 nitrogen and oxygen atoms in total. The minimum atomic E-state index is 0.611. The molecule has 1 aliphatic carbocycles. The van der Waals surface area contributed by atoms with Gasteiger partial charge in [0.15, 0.2) is 0 Å². The number of hydrogen-bond donors (Lipinski definition) is 1. The summed E-state index contributed by atoms with van der Waals surface area (Å²) in [7, 11) is 0. The molecule has 4 fully saturated rings. The lowest BCUT2D eigenvalue weighted by Gasteiger charge is -2.87. The Hall–Kier alpha value is -0.120. The molecule has 0 radical (unpaired) electrons. The van der Waals surface area contributed by atoms with Gasteiger partial charge in [0.25, 0.3) is 0 Å². The van der Waals surface area contributed by atoms with Gasteiger partial charge in [-0.1, -0.05) is 0 Å². The summed E-state index contributed by atoms with van der Waals surface area (Å²) in [5.41, 5.74) is 3.91. The van der Waals surface area contributed by atoms with Crippen LogP contribution in [-0.4, -0.2) is 28.8 Å². The van der Waals surface area contributed by atoms with Crippen molar-refractivity contribution < 1.29 is 0 Å². The molecule has 2 atom stereocenters. The summed E-state index contributed by atoms with van der Waals surface area (Å²) in [6.07, 6.45) is 1.51. The molecule has 1 N–H and O–H groups in total. The van der Waals surface area contributed by atoms with Crippen molar-refractivity contribution in [2.24, 2.45) is 11.8 Å². The van der Waals surface area contributed by atoms with Crippen LogP contribution < -0.4 is 5.53 Å². The molecular formula is C6H9N3. The SMILES string of the molecule is C1C2CN3NN4CC1C234. The van der Waals surface area contributed by atoms with Gasteiger partial charge in [0.2, 0.25) is 0 Å². The van der Waals surface area contributed by atoms with Gasteiger partial charge in [-0.05, 0) is 6.42 Å². The molecule has 4 aliphatic rings. The molecule has 0 amide bonds. The Morgan fingerprint density at radius 2 is 1.89 bits per heavy atom. The molecule has 3 aliphatic heterocycles. The summed E-state index contributed by atoms with van der Waals surface area (Å²) in [6.45, 7) is 2.62. The van der Waals surface area contributed by atoms with Crippen LogP contribution in [-0.2, 0) is 0 Å². The molecule has 48 valence electrons. The number of nitrogens with zero attached hydrogens (tertiary/aromatic N) is 2. The van der Waals surface area contributed by atoms with Crippen molar-refractivity contribution in [2.75, 3.05) is 13.1 Å². The molecule has 3 saturated heterocycles. The van der Waals surface area contributed by atoms with Gasteiger partial charge in [-0.2, -0.15) is 5.53 Å². The highest BCUT2D eigenvalue weighted by atomic mass is 16.0.